The van der Waals surface area contributed by atoms with Gasteiger partial charge in [0.2, 0.25) is 6.29 Å². The van der Waals surface area contributed by atoms with E-state index in [1.54, 1.807) is 36.4 Å². The van der Waals surface area contributed by atoms with Crippen molar-refractivity contribution in [1.82, 2.24) is 0 Å². The van der Waals surface area contributed by atoms with Crippen LogP contribution < -0.4 is 0 Å². The molecule has 200 valence electrons. The van der Waals surface area contributed by atoms with Crippen molar-refractivity contribution >= 4 is 11.9 Å². The van der Waals surface area contributed by atoms with E-state index in [0.717, 1.165) is 0 Å². The Morgan fingerprint density at radius 2 is 1.32 bits per heavy atom. The Balaban J connectivity index is 1.44. The van der Waals surface area contributed by atoms with E-state index < -0.39 is 73.9 Å². The van der Waals surface area contributed by atoms with Crippen LogP contribution in [0.2, 0.25) is 0 Å². The van der Waals surface area contributed by atoms with Gasteiger partial charge in [-0.05, 0) is 24.3 Å². The van der Waals surface area contributed by atoms with E-state index in [4.69, 9.17) is 23.7 Å². The summed E-state index contributed by atoms with van der Waals surface area (Å²) in [5, 5.41) is 51.6. The van der Waals surface area contributed by atoms with Crippen molar-refractivity contribution in [3.05, 3.63) is 71.8 Å². The van der Waals surface area contributed by atoms with Crippen molar-refractivity contribution in [2.75, 3.05) is 13.2 Å². The Labute approximate surface area is 211 Å². The first-order chi connectivity index (χ1) is 17.8. The van der Waals surface area contributed by atoms with Gasteiger partial charge in [-0.15, -0.1) is 0 Å². The van der Waals surface area contributed by atoms with Crippen LogP contribution in [0.3, 0.4) is 0 Å². The molecule has 0 aliphatic carbocycles. The first-order valence-corrected chi connectivity index (χ1v) is 11.6. The molecule has 2 aromatic carbocycles. The molecular formula is C25H28O12. The maximum atomic E-state index is 12.6. The lowest BCUT2D eigenvalue weighted by atomic mass is 9.98. The molecule has 5 N–H and O–H groups in total. The summed E-state index contributed by atoms with van der Waals surface area (Å²) in [5.41, 5.74) is 0.402. The van der Waals surface area contributed by atoms with E-state index in [1.807, 2.05) is 0 Å². The summed E-state index contributed by atoms with van der Waals surface area (Å²) in [6, 6.07) is 15.9. The van der Waals surface area contributed by atoms with E-state index in [-0.39, 0.29) is 17.7 Å². The van der Waals surface area contributed by atoms with Gasteiger partial charge in [-0.25, -0.2) is 9.59 Å². The van der Waals surface area contributed by atoms with Crippen molar-refractivity contribution in [2.24, 2.45) is 0 Å². The molecule has 2 aromatic rings. The maximum absolute atomic E-state index is 12.6. The van der Waals surface area contributed by atoms with Gasteiger partial charge >= 0.3 is 11.9 Å². The zero-order valence-electron chi connectivity index (χ0n) is 19.5. The second kappa shape index (κ2) is 12.1. The predicted molar refractivity (Wildman–Crippen MR) is 122 cm³/mol. The molecule has 0 aromatic heterocycles. The SMILES string of the molecule is O=C(O[C@@H]1O[C@H](CO)[C@@H](O)[C@H](O)[C@H]1O[C@@H]1OC[C@@H](OC(=O)c2ccccc2)[C@H](O)[C@H]1O)c1ccccc1. The van der Waals surface area contributed by atoms with Crippen LogP contribution >= 0.6 is 0 Å². The van der Waals surface area contributed by atoms with Crippen molar-refractivity contribution in [3.8, 4) is 0 Å². The first kappa shape index (κ1) is 27.1. The number of rotatable bonds is 7. The monoisotopic (exact) mass is 520 g/mol. The highest BCUT2D eigenvalue weighted by molar-refractivity contribution is 5.89. The number of carbonyl (C=O) groups is 2. The fourth-order valence-corrected chi connectivity index (χ4v) is 3.97. The van der Waals surface area contributed by atoms with Gasteiger partial charge in [-0.1, -0.05) is 36.4 Å². The zero-order valence-corrected chi connectivity index (χ0v) is 19.5. The lowest BCUT2D eigenvalue weighted by Crippen LogP contribution is -2.63. The number of carbonyl (C=O) groups excluding carboxylic acids is 2. The van der Waals surface area contributed by atoms with Gasteiger partial charge in [0.15, 0.2) is 18.5 Å². The molecule has 2 aliphatic heterocycles. The summed E-state index contributed by atoms with van der Waals surface area (Å²) in [6.45, 7) is -1.07. The van der Waals surface area contributed by atoms with Crippen molar-refractivity contribution in [2.45, 2.75) is 55.3 Å². The second-order valence-corrected chi connectivity index (χ2v) is 8.57. The fraction of sp³-hybridized carbons (Fsp3) is 0.440. The maximum Gasteiger partial charge on any atom is 0.340 e. The topological polar surface area (TPSA) is 181 Å². The minimum Gasteiger partial charge on any atom is -0.453 e. The third-order valence-electron chi connectivity index (χ3n) is 6.05. The van der Waals surface area contributed by atoms with Gasteiger partial charge in [0.25, 0.3) is 0 Å². The molecule has 0 spiro atoms. The van der Waals surface area contributed by atoms with Gasteiger partial charge in [0, 0.05) is 0 Å². The molecule has 2 aliphatic rings. The Bertz CT molecular complexity index is 1030. The first-order valence-electron chi connectivity index (χ1n) is 11.6. The summed E-state index contributed by atoms with van der Waals surface area (Å²) >= 11 is 0. The Morgan fingerprint density at radius 3 is 1.89 bits per heavy atom. The van der Waals surface area contributed by atoms with Gasteiger partial charge in [0.1, 0.15) is 30.5 Å². The van der Waals surface area contributed by atoms with Crippen LogP contribution in [0.15, 0.2) is 60.7 Å². The summed E-state index contributed by atoms with van der Waals surface area (Å²) in [6.07, 6.45) is -14.1. The number of hydrogen-bond acceptors (Lipinski definition) is 12. The number of benzene rings is 2. The number of esters is 2. The molecule has 0 unspecified atom stereocenters. The number of aliphatic hydroxyl groups is 5. The van der Waals surface area contributed by atoms with Gasteiger partial charge in [-0.2, -0.15) is 0 Å². The van der Waals surface area contributed by atoms with E-state index in [0.29, 0.717) is 0 Å². The Morgan fingerprint density at radius 1 is 0.757 bits per heavy atom. The molecule has 37 heavy (non-hydrogen) atoms. The van der Waals surface area contributed by atoms with Crippen molar-refractivity contribution in [1.29, 1.82) is 0 Å². The smallest absolute Gasteiger partial charge is 0.340 e. The van der Waals surface area contributed by atoms with E-state index in [9.17, 15) is 35.1 Å². The zero-order chi connectivity index (χ0) is 26.5. The van der Waals surface area contributed by atoms with E-state index in [1.165, 1.54) is 24.3 Å². The molecule has 0 saturated carbocycles. The third kappa shape index (κ3) is 6.14. The molecule has 2 heterocycles. The second-order valence-electron chi connectivity index (χ2n) is 8.57. The van der Waals surface area contributed by atoms with Crippen LogP contribution in [0.5, 0.6) is 0 Å². The van der Waals surface area contributed by atoms with E-state index >= 15 is 0 Å². The molecule has 2 saturated heterocycles. The summed E-state index contributed by atoms with van der Waals surface area (Å²) in [4.78, 5) is 24.9. The minimum atomic E-state index is -1.76. The molecule has 0 amide bonds. The predicted octanol–water partition coefficient (Wildman–Crippen LogP) is -1.03. The lowest BCUT2D eigenvalue weighted by molar-refractivity contribution is -0.348. The van der Waals surface area contributed by atoms with Crippen molar-refractivity contribution in [3.63, 3.8) is 0 Å². The molecular weight excluding hydrogens is 492 g/mol. The molecule has 12 heteroatoms. The average molecular weight is 520 g/mol. The molecule has 2 fully saturated rings. The van der Waals surface area contributed by atoms with Crippen LogP contribution in [0.4, 0.5) is 0 Å². The fourth-order valence-electron chi connectivity index (χ4n) is 3.97. The van der Waals surface area contributed by atoms with Crippen LogP contribution in [-0.4, -0.2) is 106 Å². The number of aliphatic hydroxyl groups excluding tert-OH is 5. The van der Waals surface area contributed by atoms with E-state index in [2.05, 4.69) is 0 Å². The Hall–Kier alpha value is -2.94. The number of hydrogen-bond donors (Lipinski definition) is 5. The van der Waals surface area contributed by atoms with Gasteiger partial charge in [0.05, 0.1) is 24.3 Å². The van der Waals surface area contributed by atoms with Crippen LogP contribution in [0, 0.1) is 0 Å². The normalized spacial score (nSPS) is 33.9. The van der Waals surface area contributed by atoms with Crippen LogP contribution in [-0.2, 0) is 23.7 Å². The van der Waals surface area contributed by atoms with Crippen LogP contribution in [0.1, 0.15) is 20.7 Å². The summed E-state index contributed by atoms with van der Waals surface area (Å²) < 4.78 is 27.1. The highest BCUT2D eigenvalue weighted by atomic mass is 16.8. The molecule has 4 rings (SSSR count). The highest BCUT2D eigenvalue weighted by Crippen LogP contribution is 2.29. The minimum absolute atomic E-state index is 0.165. The lowest BCUT2D eigenvalue weighted by Gasteiger charge is -2.44. The molecule has 0 bridgehead atoms. The largest absolute Gasteiger partial charge is 0.453 e. The molecule has 12 nitrogen and oxygen atoms in total. The highest BCUT2D eigenvalue weighted by Gasteiger charge is 2.50. The quantitative estimate of drug-likeness (QED) is 0.281. The summed E-state index contributed by atoms with van der Waals surface area (Å²) in [7, 11) is 0. The number of ether oxygens (including phenoxy) is 5. The third-order valence-corrected chi connectivity index (χ3v) is 6.05. The van der Waals surface area contributed by atoms with Gasteiger partial charge in [-0.3, -0.25) is 0 Å². The molecule has 9 atom stereocenters. The average Bonchev–Trinajstić information content (AvgIpc) is 2.92. The molecule has 0 radical (unpaired) electrons. The Kier molecular flexibility index (Phi) is 8.84. The standard InChI is InChI=1S/C25H28O12/c26-11-15-17(27)19(29)21(25(35-15)37-23(32)14-9-5-2-6-10-14)36-24-20(30)18(28)16(12-33-24)34-22(31)13-7-3-1-4-8-13/h1-10,15-21,24-30H,11-12H2/t15-,16-,17-,18+,19+,20-,21-,24+,25+/m1/s1. The van der Waals surface area contributed by atoms with Gasteiger partial charge < -0.3 is 49.2 Å². The van der Waals surface area contributed by atoms with Crippen LogP contribution in [0.25, 0.3) is 0 Å². The summed E-state index contributed by atoms with van der Waals surface area (Å²) in [5.74, 6) is -1.57. The van der Waals surface area contributed by atoms with Crippen molar-refractivity contribution < 1.29 is 58.8 Å².